The molecule has 0 bridgehead atoms. The lowest BCUT2D eigenvalue weighted by Gasteiger charge is -2.19. The van der Waals surface area contributed by atoms with E-state index < -0.39 is 5.97 Å². The number of hydrogen-bond donors (Lipinski definition) is 1. The minimum atomic E-state index is -0.916. The Hall–Kier alpha value is -2.29. The van der Waals surface area contributed by atoms with Crippen LogP contribution in [0.15, 0.2) is 48.5 Å². The number of ether oxygens (including phenoxy) is 1. The van der Waals surface area contributed by atoms with Gasteiger partial charge in [0.1, 0.15) is 12.4 Å². The molecule has 0 aliphatic heterocycles. The zero-order chi connectivity index (χ0) is 15.5. The first-order chi connectivity index (χ1) is 9.86. The van der Waals surface area contributed by atoms with Crippen LogP contribution in [0.5, 0.6) is 5.75 Å². The Morgan fingerprint density at radius 3 is 2.05 bits per heavy atom. The molecule has 0 unspecified atom stereocenters. The van der Waals surface area contributed by atoms with Crippen molar-refractivity contribution in [2.45, 2.75) is 32.8 Å². The van der Waals surface area contributed by atoms with Crippen molar-refractivity contribution in [2.24, 2.45) is 0 Å². The molecule has 0 spiro atoms. The van der Waals surface area contributed by atoms with Crippen LogP contribution in [0.4, 0.5) is 0 Å². The van der Waals surface area contributed by atoms with Gasteiger partial charge >= 0.3 is 5.97 Å². The Morgan fingerprint density at radius 1 is 1.00 bits per heavy atom. The third-order valence-corrected chi connectivity index (χ3v) is 3.33. The van der Waals surface area contributed by atoms with Gasteiger partial charge < -0.3 is 9.84 Å². The van der Waals surface area contributed by atoms with E-state index in [0.717, 1.165) is 11.3 Å². The van der Waals surface area contributed by atoms with Gasteiger partial charge in [-0.05, 0) is 40.8 Å². The molecule has 21 heavy (non-hydrogen) atoms. The maximum Gasteiger partial charge on any atom is 0.335 e. The summed E-state index contributed by atoms with van der Waals surface area (Å²) in [6.45, 7) is 6.95. The van der Waals surface area contributed by atoms with Crippen LogP contribution in [0.3, 0.4) is 0 Å². The number of carboxylic acids is 1. The Bertz CT molecular complexity index is 604. The summed E-state index contributed by atoms with van der Waals surface area (Å²) in [7, 11) is 0. The Labute approximate surface area is 125 Å². The van der Waals surface area contributed by atoms with E-state index in [0.29, 0.717) is 6.61 Å². The molecule has 2 rings (SSSR count). The molecule has 0 aliphatic carbocycles. The lowest BCUT2D eigenvalue weighted by atomic mass is 9.87. The van der Waals surface area contributed by atoms with Gasteiger partial charge in [0.05, 0.1) is 5.56 Å². The van der Waals surface area contributed by atoms with Crippen LogP contribution in [0.1, 0.15) is 42.3 Å². The van der Waals surface area contributed by atoms with Crippen molar-refractivity contribution in [1.29, 1.82) is 0 Å². The topological polar surface area (TPSA) is 46.5 Å². The Kier molecular flexibility index (Phi) is 4.32. The molecule has 3 heteroatoms. The monoisotopic (exact) mass is 284 g/mol. The van der Waals surface area contributed by atoms with E-state index >= 15 is 0 Å². The normalized spacial score (nSPS) is 11.2. The van der Waals surface area contributed by atoms with Crippen LogP contribution in [0.2, 0.25) is 0 Å². The van der Waals surface area contributed by atoms with Gasteiger partial charge in [0.15, 0.2) is 0 Å². The molecule has 0 fully saturated rings. The lowest BCUT2D eigenvalue weighted by Crippen LogP contribution is -2.10. The van der Waals surface area contributed by atoms with Gasteiger partial charge in [0.25, 0.3) is 0 Å². The molecular formula is C18H20O3. The number of aromatic carboxylic acids is 1. The second-order valence-electron chi connectivity index (χ2n) is 6.07. The van der Waals surface area contributed by atoms with E-state index in [4.69, 9.17) is 9.84 Å². The number of hydrogen-bond acceptors (Lipinski definition) is 2. The molecule has 1 N–H and O–H groups in total. The molecule has 0 aromatic heterocycles. The third-order valence-electron chi connectivity index (χ3n) is 3.33. The summed E-state index contributed by atoms with van der Waals surface area (Å²) in [4.78, 5) is 10.8. The predicted octanol–water partition coefficient (Wildman–Crippen LogP) is 4.26. The van der Waals surface area contributed by atoms with Gasteiger partial charge in [-0.15, -0.1) is 0 Å². The summed E-state index contributed by atoms with van der Waals surface area (Å²) < 4.78 is 5.71. The molecule has 0 radical (unpaired) electrons. The average Bonchev–Trinajstić information content (AvgIpc) is 2.45. The van der Waals surface area contributed by atoms with E-state index in [2.05, 4.69) is 32.9 Å². The molecule has 0 atom stereocenters. The first kappa shape index (κ1) is 15.1. The van der Waals surface area contributed by atoms with Crippen molar-refractivity contribution in [2.75, 3.05) is 0 Å². The first-order valence-corrected chi connectivity index (χ1v) is 6.92. The van der Waals surface area contributed by atoms with Crippen molar-refractivity contribution in [1.82, 2.24) is 0 Å². The van der Waals surface area contributed by atoms with Crippen LogP contribution in [0, 0.1) is 0 Å². The average molecular weight is 284 g/mol. The largest absolute Gasteiger partial charge is 0.489 e. The molecule has 0 aliphatic rings. The highest BCUT2D eigenvalue weighted by Crippen LogP contribution is 2.24. The van der Waals surface area contributed by atoms with Crippen LogP contribution in [0.25, 0.3) is 0 Å². The molecule has 3 nitrogen and oxygen atoms in total. The molecular weight excluding hydrogens is 264 g/mol. The highest BCUT2D eigenvalue weighted by Gasteiger charge is 2.12. The van der Waals surface area contributed by atoms with E-state index in [1.165, 1.54) is 5.56 Å². The fraction of sp³-hybridized carbons (Fsp3) is 0.278. The molecule has 2 aromatic rings. The lowest BCUT2D eigenvalue weighted by molar-refractivity contribution is 0.0697. The van der Waals surface area contributed by atoms with Crippen molar-refractivity contribution in [3.8, 4) is 5.75 Å². The van der Waals surface area contributed by atoms with E-state index in [9.17, 15) is 4.79 Å². The van der Waals surface area contributed by atoms with Crippen LogP contribution < -0.4 is 4.74 Å². The number of carbonyl (C=O) groups is 1. The fourth-order valence-corrected chi connectivity index (χ4v) is 1.96. The first-order valence-electron chi connectivity index (χ1n) is 6.92. The van der Waals surface area contributed by atoms with Crippen molar-refractivity contribution in [3.63, 3.8) is 0 Å². The smallest absolute Gasteiger partial charge is 0.335 e. The molecule has 2 aromatic carbocycles. The van der Waals surface area contributed by atoms with Gasteiger partial charge in [-0.25, -0.2) is 4.79 Å². The van der Waals surface area contributed by atoms with Gasteiger partial charge in [-0.2, -0.15) is 0 Å². The standard InChI is InChI=1S/C18H20O3/c1-18(2,3)15-8-10-16(11-9-15)21-12-13-4-6-14(7-5-13)17(19)20/h4-11H,12H2,1-3H3,(H,19,20). The van der Waals surface area contributed by atoms with Crippen molar-refractivity contribution in [3.05, 3.63) is 65.2 Å². The number of benzene rings is 2. The summed E-state index contributed by atoms with van der Waals surface area (Å²) in [5.74, 6) is -0.106. The summed E-state index contributed by atoms with van der Waals surface area (Å²) in [6, 6.07) is 14.8. The molecule has 110 valence electrons. The molecule has 0 amide bonds. The number of carboxylic acid groups (broad SMARTS) is 1. The SMILES string of the molecule is CC(C)(C)c1ccc(OCc2ccc(C(=O)O)cc2)cc1. The Balaban J connectivity index is 1.98. The van der Waals surface area contributed by atoms with Gasteiger partial charge in [-0.3, -0.25) is 0 Å². The quantitative estimate of drug-likeness (QED) is 0.912. The second-order valence-corrected chi connectivity index (χ2v) is 6.07. The maximum absolute atomic E-state index is 10.8. The molecule has 0 saturated heterocycles. The van der Waals surface area contributed by atoms with E-state index in [-0.39, 0.29) is 11.0 Å². The molecule has 0 saturated carbocycles. The fourth-order valence-electron chi connectivity index (χ4n) is 1.96. The predicted molar refractivity (Wildman–Crippen MR) is 82.9 cm³/mol. The van der Waals surface area contributed by atoms with E-state index in [1.807, 2.05) is 12.1 Å². The zero-order valence-electron chi connectivity index (χ0n) is 12.6. The summed E-state index contributed by atoms with van der Waals surface area (Å²) >= 11 is 0. The zero-order valence-corrected chi connectivity index (χ0v) is 12.6. The van der Waals surface area contributed by atoms with Crippen LogP contribution in [-0.2, 0) is 12.0 Å². The van der Waals surface area contributed by atoms with Crippen LogP contribution in [-0.4, -0.2) is 11.1 Å². The molecule has 0 heterocycles. The summed E-state index contributed by atoms with van der Waals surface area (Å²) in [5.41, 5.74) is 2.62. The minimum Gasteiger partial charge on any atom is -0.489 e. The minimum absolute atomic E-state index is 0.130. The summed E-state index contributed by atoms with van der Waals surface area (Å²) in [6.07, 6.45) is 0. The van der Waals surface area contributed by atoms with Gasteiger partial charge in [0, 0.05) is 0 Å². The third kappa shape index (κ3) is 4.09. The Morgan fingerprint density at radius 2 is 1.57 bits per heavy atom. The summed E-state index contributed by atoms with van der Waals surface area (Å²) in [5, 5.41) is 8.84. The van der Waals surface area contributed by atoms with Crippen molar-refractivity contribution < 1.29 is 14.6 Å². The second kappa shape index (κ2) is 6.00. The maximum atomic E-state index is 10.8. The van der Waals surface area contributed by atoms with Gasteiger partial charge in [0.2, 0.25) is 0 Å². The van der Waals surface area contributed by atoms with E-state index in [1.54, 1.807) is 24.3 Å². The number of rotatable bonds is 4. The highest BCUT2D eigenvalue weighted by molar-refractivity contribution is 5.87. The van der Waals surface area contributed by atoms with Crippen LogP contribution >= 0.6 is 0 Å². The van der Waals surface area contributed by atoms with Gasteiger partial charge in [-0.1, -0.05) is 45.0 Å². The van der Waals surface area contributed by atoms with Crippen molar-refractivity contribution >= 4 is 5.97 Å². The highest BCUT2D eigenvalue weighted by atomic mass is 16.5.